The highest BCUT2D eigenvalue weighted by Gasteiger charge is 2.27. The van der Waals surface area contributed by atoms with Crippen LogP contribution in [-0.2, 0) is 4.74 Å². The maximum atomic E-state index is 12.4. The zero-order valence-corrected chi connectivity index (χ0v) is 16.7. The van der Waals surface area contributed by atoms with Gasteiger partial charge in [-0.05, 0) is 40.2 Å². The van der Waals surface area contributed by atoms with E-state index in [1.807, 2.05) is 14.1 Å². The van der Waals surface area contributed by atoms with E-state index in [0.717, 1.165) is 32.0 Å². The number of quaternary nitrogens is 1. The Labute approximate surface area is 162 Å². The lowest BCUT2D eigenvalue weighted by molar-refractivity contribution is -0.937. The first-order chi connectivity index (χ1) is 12.5. The molecule has 0 radical (unpaired) electrons. The molecule has 26 heavy (non-hydrogen) atoms. The van der Waals surface area contributed by atoms with Crippen LogP contribution in [-0.4, -0.2) is 52.9 Å². The zero-order valence-electron chi connectivity index (χ0n) is 15.1. The molecule has 7 heteroatoms. The van der Waals surface area contributed by atoms with Crippen molar-refractivity contribution in [3.8, 4) is 0 Å². The number of hydrogen-bond donors (Lipinski definition) is 2. The number of hydrogen-bond acceptors (Lipinski definition) is 4. The second-order valence-electron chi connectivity index (χ2n) is 6.62. The molecule has 0 spiro atoms. The molecule has 1 atom stereocenters. The summed E-state index contributed by atoms with van der Waals surface area (Å²) in [4.78, 5) is 15.9. The number of carbonyl (C=O) groups excluding carboxylic acids is 1. The number of nitrogens with one attached hydrogen (secondary N) is 2. The van der Waals surface area contributed by atoms with Crippen LogP contribution in [0.1, 0.15) is 22.2 Å². The minimum atomic E-state index is -0.196. The Bertz CT molecular complexity index is 724. The van der Waals surface area contributed by atoms with Crippen LogP contribution in [0.15, 0.2) is 45.5 Å². The van der Waals surface area contributed by atoms with Crippen molar-refractivity contribution in [3.05, 3.63) is 52.4 Å². The van der Waals surface area contributed by atoms with Crippen LogP contribution in [0.5, 0.6) is 0 Å². The van der Waals surface area contributed by atoms with Gasteiger partial charge in [0.1, 0.15) is 19.1 Å². The topological polar surface area (TPSA) is 59.2 Å². The molecule has 1 saturated heterocycles. The second kappa shape index (κ2) is 8.70. The molecule has 140 valence electrons. The van der Waals surface area contributed by atoms with Crippen molar-refractivity contribution in [2.75, 3.05) is 51.8 Å². The van der Waals surface area contributed by atoms with Gasteiger partial charge in [0.25, 0.3) is 5.91 Å². The minimum absolute atomic E-state index is 0.178. The maximum Gasteiger partial charge on any atom is 0.287 e. The van der Waals surface area contributed by atoms with Gasteiger partial charge in [-0.3, -0.25) is 4.79 Å². The highest BCUT2D eigenvalue weighted by molar-refractivity contribution is 9.10. The fourth-order valence-corrected chi connectivity index (χ4v) is 3.51. The summed E-state index contributed by atoms with van der Waals surface area (Å²) in [7, 11) is 4.06. The Balaban J connectivity index is 1.73. The van der Waals surface area contributed by atoms with Gasteiger partial charge < -0.3 is 24.3 Å². The number of anilines is 1. The molecule has 1 aromatic carbocycles. The molecule has 1 aromatic heterocycles. The first-order valence-corrected chi connectivity index (χ1v) is 9.57. The third-order valence-corrected chi connectivity index (χ3v) is 5.13. The number of carbonyl (C=O) groups is 1. The molecular formula is C19H25BrN3O3+. The molecule has 2 aromatic rings. The number of furan rings is 1. The summed E-state index contributed by atoms with van der Waals surface area (Å²) >= 11 is 3.23. The summed E-state index contributed by atoms with van der Waals surface area (Å²) < 4.78 is 11.4. The molecule has 1 amide bonds. The number of amides is 1. The predicted octanol–water partition coefficient (Wildman–Crippen LogP) is 1.49. The molecule has 2 N–H and O–H groups in total. The van der Waals surface area contributed by atoms with Crippen LogP contribution in [0.25, 0.3) is 0 Å². The third-order valence-electron chi connectivity index (χ3n) is 4.70. The number of benzene rings is 1. The lowest BCUT2D eigenvalue weighted by Crippen LogP contribution is -3.15. The molecule has 0 bridgehead atoms. The average molecular weight is 423 g/mol. The van der Waals surface area contributed by atoms with E-state index in [0.29, 0.717) is 17.0 Å². The molecule has 6 nitrogen and oxygen atoms in total. The van der Waals surface area contributed by atoms with Crippen molar-refractivity contribution < 1.29 is 18.8 Å². The predicted molar refractivity (Wildman–Crippen MR) is 104 cm³/mol. The van der Waals surface area contributed by atoms with E-state index >= 15 is 0 Å². The van der Waals surface area contributed by atoms with Crippen molar-refractivity contribution in [2.24, 2.45) is 0 Å². The average Bonchev–Trinajstić information content (AvgIpc) is 3.09. The first-order valence-electron chi connectivity index (χ1n) is 8.78. The van der Waals surface area contributed by atoms with Crippen molar-refractivity contribution in [1.29, 1.82) is 0 Å². The fraction of sp³-hybridized carbons (Fsp3) is 0.421. The van der Waals surface area contributed by atoms with Gasteiger partial charge in [0, 0.05) is 25.3 Å². The number of morpholine rings is 1. The number of rotatable bonds is 6. The largest absolute Gasteiger partial charge is 0.444 e. The molecule has 1 aliphatic heterocycles. The van der Waals surface area contributed by atoms with Crippen LogP contribution in [0.3, 0.4) is 0 Å². The molecular weight excluding hydrogens is 398 g/mol. The molecule has 0 unspecified atom stereocenters. The Morgan fingerprint density at radius 1 is 1.19 bits per heavy atom. The van der Waals surface area contributed by atoms with Gasteiger partial charge >= 0.3 is 0 Å². The fourth-order valence-electron chi connectivity index (χ4n) is 3.20. The Hall–Kier alpha value is -1.83. The summed E-state index contributed by atoms with van der Waals surface area (Å²) in [5, 5.41) is 3.02. The number of nitrogens with zero attached hydrogens (tertiary/aromatic N) is 1. The summed E-state index contributed by atoms with van der Waals surface area (Å²) in [6, 6.07) is 12.1. The van der Waals surface area contributed by atoms with Gasteiger partial charge in [0.05, 0.1) is 19.8 Å². The van der Waals surface area contributed by atoms with E-state index in [2.05, 4.69) is 50.4 Å². The quantitative estimate of drug-likeness (QED) is 0.740. The highest BCUT2D eigenvalue weighted by atomic mass is 79.9. The number of ether oxygens (including phenoxy) is 1. The van der Waals surface area contributed by atoms with E-state index in [1.54, 1.807) is 12.1 Å². The van der Waals surface area contributed by atoms with E-state index < -0.39 is 0 Å². The molecule has 1 aliphatic rings. The molecule has 2 heterocycles. The molecule has 0 aliphatic carbocycles. The van der Waals surface area contributed by atoms with Gasteiger partial charge in [0.2, 0.25) is 0 Å². The SMILES string of the molecule is CN(C)c1ccc([C@@H](CNC(=O)c2ccc(Br)o2)[NH+]2CCOCC2)cc1. The van der Waals surface area contributed by atoms with Gasteiger partial charge in [0.15, 0.2) is 10.4 Å². The Morgan fingerprint density at radius 3 is 2.46 bits per heavy atom. The smallest absolute Gasteiger partial charge is 0.287 e. The molecule has 0 saturated carbocycles. The van der Waals surface area contributed by atoms with Crippen LogP contribution < -0.4 is 15.1 Å². The lowest BCUT2D eigenvalue weighted by Gasteiger charge is -2.32. The summed E-state index contributed by atoms with van der Waals surface area (Å²) in [5.41, 5.74) is 2.38. The van der Waals surface area contributed by atoms with Gasteiger partial charge in [-0.25, -0.2) is 0 Å². The first kappa shape index (κ1) is 18.9. The minimum Gasteiger partial charge on any atom is -0.444 e. The number of halogens is 1. The van der Waals surface area contributed by atoms with Gasteiger partial charge in [-0.2, -0.15) is 0 Å². The van der Waals surface area contributed by atoms with Gasteiger partial charge in [-0.15, -0.1) is 0 Å². The van der Waals surface area contributed by atoms with Crippen LogP contribution in [0.2, 0.25) is 0 Å². The Morgan fingerprint density at radius 2 is 1.88 bits per heavy atom. The highest BCUT2D eigenvalue weighted by Crippen LogP contribution is 2.17. The van der Waals surface area contributed by atoms with Crippen molar-refractivity contribution >= 4 is 27.5 Å². The third kappa shape index (κ3) is 4.66. The van der Waals surface area contributed by atoms with Crippen LogP contribution in [0.4, 0.5) is 5.69 Å². The molecule has 3 rings (SSSR count). The summed E-state index contributed by atoms with van der Waals surface area (Å²) in [6.07, 6.45) is 0. The van der Waals surface area contributed by atoms with E-state index in [1.165, 1.54) is 10.5 Å². The van der Waals surface area contributed by atoms with E-state index in [-0.39, 0.29) is 11.9 Å². The van der Waals surface area contributed by atoms with Crippen molar-refractivity contribution in [1.82, 2.24) is 5.32 Å². The van der Waals surface area contributed by atoms with Crippen molar-refractivity contribution in [3.63, 3.8) is 0 Å². The lowest BCUT2D eigenvalue weighted by atomic mass is 10.0. The van der Waals surface area contributed by atoms with Crippen LogP contribution in [0, 0.1) is 0 Å². The monoisotopic (exact) mass is 422 g/mol. The summed E-state index contributed by atoms with van der Waals surface area (Å²) in [5.74, 6) is 0.119. The standard InChI is InChI=1S/C19H24BrN3O3/c1-22(2)15-5-3-14(4-6-15)16(23-9-11-25-12-10-23)13-21-19(24)17-7-8-18(20)26-17/h3-8,16H,9-13H2,1-2H3,(H,21,24)/p+1/t16-/m1/s1. The normalized spacial score (nSPS) is 16.3. The summed E-state index contributed by atoms with van der Waals surface area (Å²) in [6.45, 7) is 3.92. The zero-order chi connectivity index (χ0) is 18.5. The van der Waals surface area contributed by atoms with Crippen LogP contribution >= 0.6 is 15.9 Å². The molecule has 1 fully saturated rings. The van der Waals surface area contributed by atoms with Gasteiger partial charge in [-0.1, -0.05) is 12.1 Å². The van der Waals surface area contributed by atoms with Crippen molar-refractivity contribution in [2.45, 2.75) is 6.04 Å². The second-order valence-corrected chi connectivity index (χ2v) is 7.40. The Kier molecular flexibility index (Phi) is 6.34. The maximum absolute atomic E-state index is 12.4. The van der Waals surface area contributed by atoms with E-state index in [4.69, 9.17) is 9.15 Å². The van der Waals surface area contributed by atoms with E-state index in [9.17, 15) is 4.79 Å².